The first-order chi connectivity index (χ1) is 17.3. The summed E-state index contributed by atoms with van der Waals surface area (Å²) >= 11 is 0. The molecular formula is C28H44N4O2S2+2. The fourth-order valence-electron chi connectivity index (χ4n) is 4.31. The number of hydrogen-bond donors (Lipinski definition) is 2. The van der Waals surface area contributed by atoms with Gasteiger partial charge in [-0.25, -0.2) is 0 Å². The SMILES string of the molecule is CC[N+](CC)(CC)CC(=O)Nc1ccc(S#Sc2ccc(NC(=O)C[N+](CC)(CC)CC)cc2)cc1. The Kier molecular flexibility index (Phi) is 12.0. The van der Waals surface area contributed by atoms with Crippen LogP contribution in [0.3, 0.4) is 0 Å². The van der Waals surface area contributed by atoms with Crippen LogP contribution in [0.2, 0.25) is 0 Å². The number of carbonyl (C=O) groups is 2. The first-order valence-corrected chi connectivity index (χ1v) is 15.3. The van der Waals surface area contributed by atoms with Crippen LogP contribution in [0.5, 0.6) is 0 Å². The first kappa shape index (κ1) is 30.0. The van der Waals surface area contributed by atoms with Gasteiger partial charge in [0.15, 0.2) is 13.1 Å². The van der Waals surface area contributed by atoms with E-state index in [1.807, 2.05) is 48.5 Å². The number of quaternary nitrogens is 2. The Morgan fingerprint density at radius 2 is 0.833 bits per heavy atom. The van der Waals surface area contributed by atoms with Crippen LogP contribution in [0.15, 0.2) is 58.3 Å². The molecule has 0 spiro atoms. The molecule has 0 aliphatic carbocycles. The Labute approximate surface area is 224 Å². The number of rotatable bonds is 12. The molecule has 0 unspecified atom stereocenters. The van der Waals surface area contributed by atoms with Crippen molar-refractivity contribution < 1.29 is 18.6 Å². The monoisotopic (exact) mass is 532 g/mol. The standard InChI is InChI=1S/C28H42N4O2S2/c1-7-31(8-2,9-3)21-27(33)29-23-13-17-25(18-14-23)35-36-26-19-15-24(16-20-26)30-28(34)22-32(10-4,11-5)12-6/h13-20H,7-12,21-22H2,1-6H3/p+2. The maximum atomic E-state index is 12.5. The lowest BCUT2D eigenvalue weighted by atomic mass is 10.3. The molecule has 0 atom stereocenters. The van der Waals surface area contributed by atoms with E-state index in [4.69, 9.17) is 0 Å². The number of likely N-dealkylation sites (N-methyl/N-ethyl adjacent to an activating group) is 2. The maximum absolute atomic E-state index is 12.5. The molecule has 0 bridgehead atoms. The molecule has 36 heavy (non-hydrogen) atoms. The quantitative estimate of drug-likeness (QED) is 0.324. The molecule has 0 aliphatic heterocycles. The summed E-state index contributed by atoms with van der Waals surface area (Å²) < 4.78 is 1.60. The molecule has 2 amide bonds. The summed E-state index contributed by atoms with van der Waals surface area (Å²) in [7, 11) is 3.34. The molecule has 198 valence electrons. The maximum Gasteiger partial charge on any atom is 0.279 e. The second kappa shape index (κ2) is 14.5. The summed E-state index contributed by atoms with van der Waals surface area (Å²) in [5, 5.41) is 6.08. The first-order valence-electron chi connectivity index (χ1n) is 13.1. The van der Waals surface area contributed by atoms with Crippen LogP contribution in [-0.2, 0) is 9.59 Å². The zero-order chi connectivity index (χ0) is 26.6. The molecule has 2 aromatic carbocycles. The van der Waals surface area contributed by atoms with Gasteiger partial charge in [0.2, 0.25) is 0 Å². The van der Waals surface area contributed by atoms with Crippen molar-refractivity contribution in [1.82, 2.24) is 0 Å². The number of nitrogens with zero attached hydrogens (tertiary/aromatic N) is 2. The zero-order valence-electron chi connectivity index (χ0n) is 22.8. The van der Waals surface area contributed by atoms with E-state index in [9.17, 15) is 9.59 Å². The van der Waals surface area contributed by atoms with Crippen LogP contribution in [-0.4, -0.2) is 73.1 Å². The van der Waals surface area contributed by atoms with Crippen molar-refractivity contribution in [2.24, 2.45) is 0 Å². The van der Waals surface area contributed by atoms with Gasteiger partial charge in [0.1, 0.15) is 0 Å². The van der Waals surface area contributed by atoms with E-state index in [0.717, 1.165) is 69.4 Å². The molecule has 0 heterocycles. The van der Waals surface area contributed by atoms with E-state index in [1.165, 1.54) is 0 Å². The predicted molar refractivity (Wildman–Crippen MR) is 155 cm³/mol. The van der Waals surface area contributed by atoms with Crippen molar-refractivity contribution in [3.63, 3.8) is 0 Å². The van der Waals surface area contributed by atoms with Crippen LogP contribution < -0.4 is 10.6 Å². The van der Waals surface area contributed by atoms with Crippen molar-refractivity contribution in [3.8, 4) is 0 Å². The Hall–Kier alpha value is -2.26. The molecule has 0 radical (unpaired) electrons. The molecule has 0 saturated heterocycles. The molecule has 0 fully saturated rings. The second-order valence-electron chi connectivity index (χ2n) is 9.21. The summed E-state index contributed by atoms with van der Waals surface area (Å²) in [4.78, 5) is 27.3. The summed E-state index contributed by atoms with van der Waals surface area (Å²) in [5.41, 5.74) is 1.65. The van der Waals surface area contributed by atoms with Gasteiger partial charge in [-0.1, -0.05) is 20.2 Å². The Balaban J connectivity index is 1.95. The summed E-state index contributed by atoms with van der Waals surface area (Å²) in [6, 6.07) is 16.0. The van der Waals surface area contributed by atoms with Gasteiger partial charge in [0.05, 0.1) is 39.3 Å². The lowest BCUT2D eigenvalue weighted by Crippen LogP contribution is -2.51. The molecule has 6 nitrogen and oxygen atoms in total. The third-order valence-electron chi connectivity index (χ3n) is 7.49. The largest absolute Gasteiger partial charge is 0.321 e. The molecule has 8 heteroatoms. The molecule has 2 aromatic rings. The molecule has 2 rings (SSSR count). The van der Waals surface area contributed by atoms with E-state index in [-0.39, 0.29) is 11.8 Å². The topological polar surface area (TPSA) is 58.2 Å². The number of hydrogen-bond acceptors (Lipinski definition) is 2. The molecule has 0 aliphatic rings. The second-order valence-corrected chi connectivity index (χ2v) is 11.5. The third-order valence-corrected chi connectivity index (χ3v) is 9.91. The van der Waals surface area contributed by atoms with Gasteiger partial charge in [0, 0.05) is 21.2 Å². The van der Waals surface area contributed by atoms with Crippen molar-refractivity contribution in [3.05, 3.63) is 48.5 Å². The van der Waals surface area contributed by atoms with E-state index >= 15 is 0 Å². The van der Waals surface area contributed by atoms with Crippen LogP contribution in [0, 0.1) is 0 Å². The highest BCUT2D eigenvalue weighted by atomic mass is 32.7. The Morgan fingerprint density at radius 1 is 0.556 bits per heavy atom. The molecule has 2 N–H and O–H groups in total. The van der Waals surface area contributed by atoms with Crippen molar-refractivity contribution in [2.75, 3.05) is 63.0 Å². The van der Waals surface area contributed by atoms with Crippen LogP contribution in [0.25, 0.3) is 0 Å². The summed E-state index contributed by atoms with van der Waals surface area (Å²) in [6.07, 6.45) is 0. The average molecular weight is 533 g/mol. The van der Waals surface area contributed by atoms with Gasteiger partial charge in [-0.2, -0.15) is 0 Å². The van der Waals surface area contributed by atoms with E-state index < -0.39 is 0 Å². The number of benzene rings is 2. The highest BCUT2D eigenvalue weighted by Gasteiger charge is 2.25. The average Bonchev–Trinajstić information content (AvgIpc) is 2.91. The fraction of sp³-hybridized carbons (Fsp3) is 0.500. The number of nitrogens with one attached hydrogen (secondary N) is 2. The van der Waals surface area contributed by atoms with Gasteiger partial charge >= 0.3 is 0 Å². The zero-order valence-corrected chi connectivity index (χ0v) is 24.4. The normalized spacial score (nSPS) is 11.6. The minimum absolute atomic E-state index is 0.0613. The predicted octanol–water partition coefficient (Wildman–Crippen LogP) is 6.12. The Morgan fingerprint density at radius 3 is 1.08 bits per heavy atom. The van der Waals surface area contributed by atoms with E-state index in [2.05, 4.69) is 52.2 Å². The van der Waals surface area contributed by atoms with Crippen molar-refractivity contribution >= 4 is 43.4 Å². The van der Waals surface area contributed by atoms with Gasteiger partial charge in [0.25, 0.3) is 11.8 Å². The summed E-state index contributed by atoms with van der Waals surface area (Å²) in [5.74, 6) is 0.123. The van der Waals surface area contributed by atoms with Crippen LogP contribution in [0.1, 0.15) is 41.5 Å². The summed E-state index contributed by atoms with van der Waals surface area (Å²) in [6.45, 7) is 19.6. The van der Waals surface area contributed by atoms with E-state index in [1.54, 1.807) is 20.2 Å². The van der Waals surface area contributed by atoms with Crippen LogP contribution >= 0.6 is 20.2 Å². The third kappa shape index (κ3) is 8.69. The molecular weight excluding hydrogens is 488 g/mol. The van der Waals surface area contributed by atoms with Gasteiger partial charge in [-0.3, -0.25) is 9.59 Å². The smallest absolute Gasteiger partial charge is 0.279 e. The number of anilines is 2. The number of amides is 2. The molecule has 0 aromatic heterocycles. The van der Waals surface area contributed by atoms with Crippen molar-refractivity contribution in [2.45, 2.75) is 51.3 Å². The highest BCUT2D eigenvalue weighted by Crippen LogP contribution is 2.22. The number of carbonyl (C=O) groups excluding carboxylic acids is 2. The van der Waals surface area contributed by atoms with Gasteiger partial charge < -0.3 is 19.6 Å². The van der Waals surface area contributed by atoms with Gasteiger partial charge in [-0.15, -0.1) is 0 Å². The van der Waals surface area contributed by atoms with Crippen molar-refractivity contribution in [1.29, 1.82) is 0 Å². The fourth-order valence-corrected chi connectivity index (χ4v) is 6.24. The van der Waals surface area contributed by atoms with Crippen LogP contribution in [0.4, 0.5) is 11.4 Å². The lowest BCUT2D eigenvalue weighted by molar-refractivity contribution is -0.915. The highest BCUT2D eigenvalue weighted by molar-refractivity contribution is 8.35. The van der Waals surface area contributed by atoms with Gasteiger partial charge in [-0.05, 0) is 90.1 Å². The minimum Gasteiger partial charge on any atom is -0.321 e. The minimum atomic E-state index is 0.0613. The molecule has 0 saturated carbocycles. The lowest BCUT2D eigenvalue weighted by Gasteiger charge is -2.34. The Bertz CT molecular complexity index is 952. The van der Waals surface area contributed by atoms with E-state index in [0.29, 0.717) is 13.1 Å².